The van der Waals surface area contributed by atoms with E-state index in [1.165, 1.54) is 0 Å². The molecule has 1 saturated heterocycles. The van der Waals surface area contributed by atoms with E-state index in [-0.39, 0.29) is 6.04 Å². The number of nitrogens with one attached hydrogen (secondary N) is 1. The number of aromatic nitrogens is 5. The lowest BCUT2D eigenvalue weighted by Gasteiger charge is -2.36. The SMILES string of the molecule is CCc1noc(C(C)N2CCN(Cc3nc4ncccc4[nH]3)CC2)n1. The summed E-state index contributed by atoms with van der Waals surface area (Å²) in [6.45, 7) is 8.92. The molecule has 1 atom stereocenters. The molecule has 0 spiro atoms. The third-order valence-electron chi connectivity index (χ3n) is 4.79. The highest BCUT2D eigenvalue weighted by Gasteiger charge is 2.26. The number of hydrogen-bond acceptors (Lipinski definition) is 7. The maximum Gasteiger partial charge on any atom is 0.243 e. The Bertz CT molecular complexity index is 801. The first-order chi connectivity index (χ1) is 12.2. The van der Waals surface area contributed by atoms with Crippen LogP contribution in [-0.2, 0) is 13.0 Å². The Kier molecular flexibility index (Phi) is 4.46. The second-order valence-corrected chi connectivity index (χ2v) is 6.45. The topological polar surface area (TPSA) is 87.0 Å². The number of nitrogens with zero attached hydrogens (tertiary/aromatic N) is 6. The van der Waals surface area contributed by atoms with Gasteiger partial charge in [0.05, 0.1) is 18.1 Å². The lowest BCUT2D eigenvalue weighted by molar-refractivity contribution is 0.0833. The molecule has 1 unspecified atom stereocenters. The Labute approximate surface area is 146 Å². The summed E-state index contributed by atoms with van der Waals surface area (Å²) in [5.74, 6) is 2.47. The van der Waals surface area contributed by atoms with Crippen LogP contribution in [0.15, 0.2) is 22.9 Å². The largest absolute Gasteiger partial charge is 0.340 e. The van der Waals surface area contributed by atoms with Crippen LogP contribution >= 0.6 is 0 Å². The molecule has 1 aliphatic heterocycles. The summed E-state index contributed by atoms with van der Waals surface area (Å²) in [6, 6.07) is 4.09. The van der Waals surface area contributed by atoms with Gasteiger partial charge in [0.25, 0.3) is 0 Å². The van der Waals surface area contributed by atoms with Crippen molar-refractivity contribution in [2.75, 3.05) is 26.2 Å². The fourth-order valence-corrected chi connectivity index (χ4v) is 3.23. The Hall–Kier alpha value is -2.32. The molecule has 1 N–H and O–H groups in total. The summed E-state index contributed by atoms with van der Waals surface area (Å²) in [5.41, 5.74) is 1.78. The molecule has 0 radical (unpaired) electrons. The second-order valence-electron chi connectivity index (χ2n) is 6.45. The van der Waals surface area contributed by atoms with Crippen molar-refractivity contribution in [1.29, 1.82) is 0 Å². The van der Waals surface area contributed by atoms with Crippen LogP contribution in [-0.4, -0.2) is 61.1 Å². The van der Waals surface area contributed by atoms with Crippen molar-refractivity contribution < 1.29 is 4.52 Å². The molecule has 0 aliphatic carbocycles. The van der Waals surface area contributed by atoms with Crippen LogP contribution < -0.4 is 0 Å². The van der Waals surface area contributed by atoms with Crippen LogP contribution in [0.5, 0.6) is 0 Å². The van der Waals surface area contributed by atoms with Crippen molar-refractivity contribution in [3.05, 3.63) is 35.9 Å². The predicted octanol–water partition coefficient (Wildman–Crippen LogP) is 1.78. The minimum Gasteiger partial charge on any atom is -0.340 e. The summed E-state index contributed by atoms with van der Waals surface area (Å²) in [4.78, 5) is 21.5. The maximum atomic E-state index is 5.39. The van der Waals surface area contributed by atoms with Gasteiger partial charge in [-0.1, -0.05) is 12.1 Å². The monoisotopic (exact) mass is 341 g/mol. The molecule has 3 aromatic heterocycles. The van der Waals surface area contributed by atoms with E-state index in [2.05, 4.69) is 41.8 Å². The van der Waals surface area contributed by atoms with Gasteiger partial charge in [-0.25, -0.2) is 9.97 Å². The van der Waals surface area contributed by atoms with Crippen molar-refractivity contribution in [3.63, 3.8) is 0 Å². The van der Waals surface area contributed by atoms with E-state index in [1.54, 1.807) is 6.20 Å². The third kappa shape index (κ3) is 3.40. The van der Waals surface area contributed by atoms with Gasteiger partial charge in [0, 0.05) is 38.8 Å². The summed E-state index contributed by atoms with van der Waals surface area (Å²) >= 11 is 0. The zero-order valence-corrected chi connectivity index (χ0v) is 14.6. The number of aryl methyl sites for hydroxylation is 1. The van der Waals surface area contributed by atoms with E-state index >= 15 is 0 Å². The van der Waals surface area contributed by atoms with Crippen LogP contribution in [0, 0.1) is 0 Å². The highest BCUT2D eigenvalue weighted by Crippen LogP contribution is 2.21. The second kappa shape index (κ2) is 6.89. The van der Waals surface area contributed by atoms with Crippen LogP contribution in [0.2, 0.25) is 0 Å². The Morgan fingerprint density at radius 1 is 1.24 bits per heavy atom. The lowest BCUT2D eigenvalue weighted by atomic mass is 10.2. The van der Waals surface area contributed by atoms with Gasteiger partial charge >= 0.3 is 0 Å². The lowest BCUT2D eigenvalue weighted by Crippen LogP contribution is -2.46. The van der Waals surface area contributed by atoms with Crippen molar-refractivity contribution in [2.45, 2.75) is 32.9 Å². The number of pyridine rings is 1. The Morgan fingerprint density at radius 2 is 2.08 bits per heavy atom. The molecule has 3 aromatic rings. The van der Waals surface area contributed by atoms with E-state index in [9.17, 15) is 0 Å². The molecule has 0 saturated carbocycles. The molecule has 0 amide bonds. The standard InChI is InChI=1S/C17H23N7O/c1-3-14-21-17(25-22-14)12(2)24-9-7-23(8-10-24)11-15-19-13-5-4-6-18-16(13)20-15/h4-6,12H,3,7-11H2,1-2H3,(H,18,19,20). The molecule has 1 aliphatic rings. The molecule has 8 nitrogen and oxygen atoms in total. The van der Waals surface area contributed by atoms with E-state index in [4.69, 9.17) is 4.52 Å². The van der Waals surface area contributed by atoms with Gasteiger partial charge in [-0.2, -0.15) is 4.98 Å². The van der Waals surface area contributed by atoms with Crippen LogP contribution in [0.1, 0.15) is 37.4 Å². The summed E-state index contributed by atoms with van der Waals surface area (Å²) in [5, 5.41) is 4.00. The summed E-state index contributed by atoms with van der Waals surface area (Å²) < 4.78 is 5.39. The van der Waals surface area contributed by atoms with Gasteiger partial charge in [-0.15, -0.1) is 0 Å². The summed E-state index contributed by atoms with van der Waals surface area (Å²) in [7, 11) is 0. The molecule has 4 rings (SSSR count). The average Bonchev–Trinajstić information content (AvgIpc) is 3.28. The van der Waals surface area contributed by atoms with Gasteiger partial charge in [0.15, 0.2) is 11.5 Å². The molecular formula is C17H23N7O. The number of aromatic amines is 1. The number of hydrogen-bond donors (Lipinski definition) is 1. The van der Waals surface area contributed by atoms with Gasteiger partial charge in [-0.05, 0) is 19.1 Å². The van der Waals surface area contributed by atoms with E-state index in [0.717, 1.165) is 62.0 Å². The predicted molar refractivity (Wildman–Crippen MR) is 92.8 cm³/mol. The van der Waals surface area contributed by atoms with Crippen molar-refractivity contribution in [3.8, 4) is 0 Å². The van der Waals surface area contributed by atoms with Crippen LogP contribution in [0.4, 0.5) is 0 Å². The quantitative estimate of drug-likeness (QED) is 0.757. The molecule has 4 heterocycles. The fourth-order valence-electron chi connectivity index (χ4n) is 3.23. The first kappa shape index (κ1) is 16.2. The zero-order valence-electron chi connectivity index (χ0n) is 14.6. The van der Waals surface area contributed by atoms with Gasteiger partial charge in [0.2, 0.25) is 5.89 Å². The van der Waals surface area contributed by atoms with E-state index in [0.29, 0.717) is 5.89 Å². The molecule has 8 heteroatoms. The molecule has 0 bridgehead atoms. The molecule has 0 aromatic carbocycles. The first-order valence-electron chi connectivity index (χ1n) is 8.81. The Morgan fingerprint density at radius 3 is 2.80 bits per heavy atom. The minimum absolute atomic E-state index is 0.158. The number of imidazole rings is 1. The van der Waals surface area contributed by atoms with Gasteiger partial charge in [-0.3, -0.25) is 9.80 Å². The number of rotatable bonds is 5. The number of fused-ring (bicyclic) bond motifs is 1. The molecule has 25 heavy (non-hydrogen) atoms. The third-order valence-corrected chi connectivity index (χ3v) is 4.79. The van der Waals surface area contributed by atoms with Gasteiger partial charge < -0.3 is 9.51 Å². The van der Waals surface area contributed by atoms with E-state index in [1.807, 2.05) is 19.1 Å². The maximum absolute atomic E-state index is 5.39. The molecule has 132 valence electrons. The van der Waals surface area contributed by atoms with Crippen molar-refractivity contribution in [2.24, 2.45) is 0 Å². The smallest absolute Gasteiger partial charge is 0.243 e. The zero-order chi connectivity index (χ0) is 17.2. The Balaban J connectivity index is 1.34. The minimum atomic E-state index is 0.158. The summed E-state index contributed by atoms with van der Waals surface area (Å²) in [6.07, 6.45) is 2.57. The van der Waals surface area contributed by atoms with Crippen molar-refractivity contribution in [1.82, 2.24) is 34.9 Å². The van der Waals surface area contributed by atoms with Gasteiger partial charge in [0.1, 0.15) is 5.82 Å². The highest BCUT2D eigenvalue weighted by atomic mass is 16.5. The average molecular weight is 341 g/mol. The van der Waals surface area contributed by atoms with Crippen molar-refractivity contribution >= 4 is 11.2 Å². The van der Waals surface area contributed by atoms with Crippen LogP contribution in [0.3, 0.4) is 0 Å². The normalized spacial score (nSPS) is 18.0. The molecular weight excluding hydrogens is 318 g/mol. The number of H-pyrrole nitrogens is 1. The molecule has 1 fully saturated rings. The number of piperazine rings is 1. The highest BCUT2D eigenvalue weighted by molar-refractivity contribution is 5.69. The fraction of sp³-hybridized carbons (Fsp3) is 0.529. The van der Waals surface area contributed by atoms with Crippen LogP contribution in [0.25, 0.3) is 11.2 Å². The first-order valence-corrected chi connectivity index (χ1v) is 8.81. The van der Waals surface area contributed by atoms with E-state index < -0.39 is 0 Å².